The summed E-state index contributed by atoms with van der Waals surface area (Å²) in [6.45, 7) is 3.80. The molecule has 35 heavy (non-hydrogen) atoms. The van der Waals surface area contributed by atoms with Crippen LogP contribution in [0.25, 0.3) is 10.8 Å². The fourth-order valence-electron chi connectivity index (χ4n) is 3.43. The molecule has 1 amide bonds. The van der Waals surface area contributed by atoms with Gasteiger partial charge in [0.05, 0.1) is 16.8 Å². The lowest BCUT2D eigenvalue weighted by molar-refractivity contribution is -0.123. The van der Waals surface area contributed by atoms with Crippen molar-refractivity contribution in [3.63, 3.8) is 0 Å². The Labute approximate surface area is 208 Å². The first kappa shape index (κ1) is 24.0. The van der Waals surface area contributed by atoms with Crippen molar-refractivity contribution in [3.05, 3.63) is 106 Å². The van der Waals surface area contributed by atoms with Gasteiger partial charge in [-0.3, -0.25) is 4.79 Å². The number of esters is 1. The van der Waals surface area contributed by atoms with E-state index in [1.54, 1.807) is 30.3 Å². The van der Waals surface area contributed by atoms with Gasteiger partial charge in [0, 0.05) is 5.56 Å². The highest BCUT2D eigenvalue weighted by Crippen LogP contribution is 2.28. The number of rotatable bonds is 7. The molecule has 7 heteroatoms. The number of nitrogens with zero attached hydrogens (tertiary/aromatic N) is 1. The largest absolute Gasteiger partial charge is 0.484 e. The number of hydrazone groups is 1. The third-order valence-electron chi connectivity index (χ3n) is 5.46. The standard InChI is InChI=1S/C28H23ClN2O4/c1-18-11-13-21(15-19(18)2)34-17-27(32)31-30-16-24-22-8-4-3-7-20(22)12-14-26(24)35-28(33)23-9-5-6-10-25(23)29/h3-16H,17H2,1-2H3,(H,31,32). The Morgan fingerprint density at radius 2 is 1.71 bits per heavy atom. The molecule has 1 N–H and O–H groups in total. The molecule has 0 saturated heterocycles. The zero-order valence-corrected chi connectivity index (χ0v) is 20.0. The third-order valence-corrected chi connectivity index (χ3v) is 5.79. The van der Waals surface area contributed by atoms with E-state index in [1.807, 2.05) is 62.4 Å². The predicted octanol–water partition coefficient (Wildman–Crippen LogP) is 5.86. The number of ether oxygens (including phenoxy) is 2. The van der Waals surface area contributed by atoms with Crippen molar-refractivity contribution in [3.8, 4) is 11.5 Å². The quantitative estimate of drug-likeness (QED) is 0.154. The number of aryl methyl sites for hydroxylation is 2. The van der Waals surface area contributed by atoms with E-state index in [1.165, 1.54) is 6.21 Å². The summed E-state index contributed by atoms with van der Waals surface area (Å²) in [5.41, 5.74) is 5.48. The summed E-state index contributed by atoms with van der Waals surface area (Å²) in [7, 11) is 0. The molecule has 0 bridgehead atoms. The van der Waals surface area contributed by atoms with Gasteiger partial charge < -0.3 is 9.47 Å². The molecule has 0 aliphatic heterocycles. The predicted molar refractivity (Wildman–Crippen MR) is 138 cm³/mol. The van der Waals surface area contributed by atoms with E-state index in [9.17, 15) is 9.59 Å². The molecule has 0 aliphatic rings. The topological polar surface area (TPSA) is 77.0 Å². The Bertz CT molecular complexity index is 1430. The van der Waals surface area contributed by atoms with Crippen molar-refractivity contribution in [2.24, 2.45) is 5.10 Å². The Hall–Kier alpha value is -4.16. The average Bonchev–Trinajstić information content (AvgIpc) is 2.86. The lowest BCUT2D eigenvalue weighted by atomic mass is 10.0. The van der Waals surface area contributed by atoms with Gasteiger partial charge in [0.2, 0.25) is 0 Å². The second-order valence-electron chi connectivity index (χ2n) is 7.90. The number of halogens is 1. The number of carbonyl (C=O) groups excluding carboxylic acids is 2. The third kappa shape index (κ3) is 5.86. The van der Waals surface area contributed by atoms with Crippen LogP contribution in [-0.4, -0.2) is 24.7 Å². The van der Waals surface area contributed by atoms with Crippen LogP contribution in [0.5, 0.6) is 11.5 Å². The highest BCUT2D eigenvalue weighted by Gasteiger charge is 2.16. The average molecular weight is 487 g/mol. The number of hydrogen-bond donors (Lipinski definition) is 1. The molecule has 0 heterocycles. The summed E-state index contributed by atoms with van der Waals surface area (Å²) in [5, 5.41) is 6.10. The van der Waals surface area contributed by atoms with Crippen LogP contribution in [0.2, 0.25) is 5.02 Å². The fourth-order valence-corrected chi connectivity index (χ4v) is 3.65. The highest BCUT2D eigenvalue weighted by molar-refractivity contribution is 6.33. The number of benzene rings is 4. The zero-order chi connectivity index (χ0) is 24.8. The normalized spacial score (nSPS) is 10.9. The minimum absolute atomic E-state index is 0.191. The second-order valence-corrected chi connectivity index (χ2v) is 8.30. The van der Waals surface area contributed by atoms with Crippen LogP contribution in [0, 0.1) is 13.8 Å². The lowest BCUT2D eigenvalue weighted by Crippen LogP contribution is -2.24. The Kier molecular flexibility index (Phi) is 7.43. The molecule has 4 rings (SSSR count). The van der Waals surface area contributed by atoms with Gasteiger partial charge in [-0.2, -0.15) is 5.10 Å². The van der Waals surface area contributed by atoms with Gasteiger partial charge in [0.25, 0.3) is 5.91 Å². The Morgan fingerprint density at radius 1 is 0.943 bits per heavy atom. The van der Waals surface area contributed by atoms with E-state index < -0.39 is 11.9 Å². The molecule has 0 aromatic heterocycles. The summed E-state index contributed by atoms with van der Waals surface area (Å²) < 4.78 is 11.2. The SMILES string of the molecule is Cc1ccc(OCC(=O)NN=Cc2c(OC(=O)c3ccccc3Cl)ccc3ccccc23)cc1C. The molecule has 4 aromatic carbocycles. The molecule has 0 spiro atoms. The molecule has 0 radical (unpaired) electrons. The van der Waals surface area contributed by atoms with Crippen molar-refractivity contribution in [1.82, 2.24) is 5.43 Å². The van der Waals surface area contributed by atoms with E-state index >= 15 is 0 Å². The van der Waals surface area contributed by atoms with Gasteiger partial charge in [-0.15, -0.1) is 0 Å². The van der Waals surface area contributed by atoms with Crippen LogP contribution in [0.1, 0.15) is 27.0 Å². The smallest absolute Gasteiger partial charge is 0.345 e. The summed E-state index contributed by atoms with van der Waals surface area (Å²) in [4.78, 5) is 25.0. The maximum absolute atomic E-state index is 12.7. The van der Waals surface area contributed by atoms with Crippen LogP contribution in [0.3, 0.4) is 0 Å². The minimum atomic E-state index is -0.591. The number of amides is 1. The highest BCUT2D eigenvalue weighted by atomic mass is 35.5. The first-order valence-electron chi connectivity index (χ1n) is 10.9. The molecule has 6 nitrogen and oxygen atoms in total. The first-order valence-corrected chi connectivity index (χ1v) is 11.3. The first-order chi connectivity index (χ1) is 16.9. The molecule has 0 saturated carbocycles. The summed E-state index contributed by atoms with van der Waals surface area (Å²) in [6.07, 6.45) is 1.45. The van der Waals surface area contributed by atoms with E-state index in [2.05, 4.69) is 10.5 Å². The van der Waals surface area contributed by atoms with Crippen molar-refractivity contribution in [1.29, 1.82) is 0 Å². The molecular formula is C28H23ClN2O4. The van der Waals surface area contributed by atoms with Crippen LogP contribution in [0.15, 0.2) is 84.0 Å². The fraction of sp³-hybridized carbons (Fsp3) is 0.107. The van der Waals surface area contributed by atoms with Crippen molar-refractivity contribution >= 4 is 40.5 Å². The van der Waals surface area contributed by atoms with E-state index in [0.717, 1.165) is 21.9 Å². The van der Waals surface area contributed by atoms with Crippen molar-refractivity contribution in [2.45, 2.75) is 13.8 Å². The maximum Gasteiger partial charge on any atom is 0.345 e. The van der Waals surface area contributed by atoms with Crippen molar-refractivity contribution in [2.75, 3.05) is 6.61 Å². The van der Waals surface area contributed by atoms with E-state index in [4.69, 9.17) is 21.1 Å². The summed E-state index contributed by atoms with van der Waals surface area (Å²) >= 11 is 6.14. The molecule has 0 fully saturated rings. The number of carbonyl (C=O) groups is 2. The van der Waals surface area contributed by atoms with E-state index in [-0.39, 0.29) is 17.9 Å². The van der Waals surface area contributed by atoms with Gasteiger partial charge >= 0.3 is 5.97 Å². The van der Waals surface area contributed by atoms with Gasteiger partial charge in [0.15, 0.2) is 6.61 Å². The second kappa shape index (κ2) is 10.8. The Balaban J connectivity index is 1.51. The van der Waals surface area contributed by atoms with Crippen LogP contribution in [0.4, 0.5) is 0 Å². The molecule has 0 atom stereocenters. The van der Waals surface area contributed by atoms with Crippen LogP contribution < -0.4 is 14.9 Å². The van der Waals surface area contributed by atoms with Gasteiger partial charge in [0.1, 0.15) is 11.5 Å². The summed E-state index contributed by atoms with van der Waals surface area (Å²) in [5.74, 6) is -0.117. The minimum Gasteiger partial charge on any atom is -0.484 e. The number of hydrogen-bond acceptors (Lipinski definition) is 5. The van der Waals surface area contributed by atoms with Gasteiger partial charge in [-0.25, -0.2) is 10.2 Å². The van der Waals surface area contributed by atoms with Crippen LogP contribution >= 0.6 is 11.6 Å². The zero-order valence-electron chi connectivity index (χ0n) is 19.2. The van der Waals surface area contributed by atoms with Gasteiger partial charge in [-0.1, -0.05) is 60.1 Å². The maximum atomic E-state index is 12.7. The van der Waals surface area contributed by atoms with Crippen LogP contribution in [-0.2, 0) is 4.79 Å². The Morgan fingerprint density at radius 3 is 2.51 bits per heavy atom. The molecule has 0 unspecified atom stereocenters. The lowest BCUT2D eigenvalue weighted by Gasteiger charge is -2.11. The number of fused-ring (bicyclic) bond motifs is 1. The molecule has 176 valence electrons. The molecule has 4 aromatic rings. The molecular weight excluding hydrogens is 464 g/mol. The number of nitrogens with one attached hydrogen (secondary N) is 1. The van der Waals surface area contributed by atoms with E-state index in [0.29, 0.717) is 16.3 Å². The monoisotopic (exact) mass is 486 g/mol. The summed E-state index contributed by atoms with van der Waals surface area (Å²) in [6, 6.07) is 23.4. The van der Waals surface area contributed by atoms with Gasteiger partial charge in [-0.05, 0) is 66.1 Å². The molecule has 0 aliphatic carbocycles. The van der Waals surface area contributed by atoms with Crippen molar-refractivity contribution < 1.29 is 19.1 Å².